The van der Waals surface area contributed by atoms with Crippen LogP contribution in [0.4, 0.5) is 0 Å². The number of amides is 3. The Morgan fingerprint density at radius 3 is 2.52 bits per heavy atom. The molecule has 3 amide bonds. The molecule has 1 unspecified atom stereocenters. The summed E-state index contributed by atoms with van der Waals surface area (Å²) in [4.78, 5) is 44.6. The van der Waals surface area contributed by atoms with Crippen molar-refractivity contribution in [1.82, 2.24) is 14.7 Å². The first-order chi connectivity index (χ1) is 14.0. The van der Waals surface area contributed by atoms with Crippen LogP contribution in [0.15, 0.2) is 17.5 Å². The molecule has 3 heterocycles. The van der Waals surface area contributed by atoms with E-state index >= 15 is 0 Å². The van der Waals surface area contributed by atoms with Crippen LogP contribution in [0, 0.1) is 11.8 Å². The molecule has 1 aromatic rings. The van der Waals surface area contributed by atoms with Crippen LogP contribution in [0.3, 0.4) is 0 Å². The molecule has 0 aliphatic carbocycles. The molecule has 1 aromatic heterocycles. The van der Waals surface area contributed by atoms with Gasteiger partial charge in [0.05, 0.1) is 10.8 Å². The molecule has 2 aliphatic heterocycles. The van der Waals surface area contributed by atoms with Crippen LogP contribution in [0.5, 0.6) is 0 Å². The molecule has 3 rings (SSSR count). The fourth-order valence-electron chi connectivity index (χ4n) is 4.34. The summed E-state index contributed by atoms with van der Waals surface area (Å²) in [5.74, 6) is 0.322. The highest BCUT2D eigenvalue weighted by atomic mass is 32.1. The zero-order valence-corrected chi connectivity index (χ0v) is 18.5. The Labute approximate surface area is 177 Å². The molecule has 0 radical (unpaired) electrons. The van der Waals surface area contributed by atoms with E-state index in [9.17, 15) is 14.4 Å². The van der Waals surface area contributed by atoms with Crippen LogP contribution >= 0.6 is 11.3 Å². The van der Waals surface area contributed by atoms with Crippen LogP contribution in [0.2, 0.25) is 0 Å². The summed E-state index contributed by atoms with van der Waals surface area (Å²) < 4.78 is 0. The predicted molar refractivity (Wildman–Crippen MR) is 115 cm³/mol. The second-order valence-corrected chi connectivity index (χ2v) is 9.23. The van der Waals surface area contributed by atoms with Gasteiger partial charge < -0.3 is 14.7 Å². The van der Waals surface area contributed by atoms with E-state index in [4.69, 9.17) is 0 Å². The Morgan fingerprint density at radius 2 is 1.86 bits per heavy atom. The minimum absolute atomic E-state index is 0.0316. The van der Waals surface area contributed by atoms with E-state index in [-0.39, 0.29) is 29.6 Å². The summed E-state index contributed by atoms with van der Waals surface area (Å²) >= 11 is 1.45. The van der Waals surface area contributed by atoms with Crippen molar-refractivity contribution < 1.29 is 14.4 Å². The van der Waals surface area contributed by atoms with Crippen molar-refractivity contribution in [2.45, 2.75) is 45.4 Å². The zero-order chi connectivity index (χ0) is 20.8. The van der Waals surface area contributed by atoms with Gasteiger partial charge in [0.25, 0.3) is 5.91 Å². The van der Waals surface area contributed by atoms with Crippen LogP contribution in [0.1, 0.15) is 55.1 Å². The third-order valence-electron chi connectivity index (χ3n) is 6.17. The first kappa shape index (κ1) is 21.8. The van der Waals surface area contributed by atoms with Crippen LogP contribution in [0.25, 0.3) is 0 Å². The monoisotopic (exact) mass is 419 g/mol. The lowest BCUT2D eigenvalue weighted by atomic mass is 9.92. The molecule has 7 heteroatoms. The van der Waals surface area contributed by atoms with Gasteiger partial charge in [-0.1, -0.05) is 19.4 Å². The van der Waals surface area contributed by atoms with Gasteiger partial charge in [-0.3, -0.25) is 14.4 Å². The summed E-state index contributed by atoms with van der Waals surface area (Å²) in [5, 5.41) is 1.91. The van der Waals surface area contributed by atoms with Crippen molar-refractivity contribution in [2.75, 3.05) is 39.8 Å². The molecule has 2 saturated heterocycles. The second-order valence-electron chi connectivity index (χ2n) is 8.28. The van der Waals surface area contributed by atoms with Crippen molar-refractivity contribution in [1.29, 1.82) is 0 Å². The Morgan fingerprint density at radius 1 is 1.10 bits per heavy atom. The summed E-state index contributed by atoms with van der Waals surface area (Å²) in [5.41, 5.74) is 0. The number of rotatable bonds is 6. The van der Waals surface area contributed by atoms with Crippen LogP contribution in [-0.2, 0) is 9.59 Å². The maximum absolute atomic E-state index is 13.1. The number of carbonyl (C=O) groups excluding carboxylic acids is 3. The van der Waals surface area contributed by atoms with Crippen molar-refractivity contribution in [3.05, 3.63) is 22.4 Å². The minimum atomic E-state index is -0.118. The first-order valence-electron chi connectivity index (χ1n) is 10.9. The third kappa shape index (κ3) is 5.38. The van der Waals surface area contributed by atoms with E-state index in [2.05, 4.69) is 6.92 Å². The van der Waals surface area contributed by atoms with Crippen LogP contribution in [-0.4, -0.2) is 72.2 Å². The second kappa shape index (κ2) is 10.2. The maximum atomic E-state index is 13.1. The molecule has 29 heavy (non-hydrogen) atoms. The van der Waals surface area contributed by atoms with Gasteiger partial charge in [0, 0.05) is 45.7 Å². The van der Waals surface area contributed by atoms with Gasteiger partial charge in [0.2, 0.25) is 11.8 Å². The van der Waals surface area contributed by atoms with Gasteiger partial charge in [-0.05, 0) is 43.6 Å². The van der Waals surface area contributed by atoms with Crippen molar-refractivity contribution in [2.24, 2.45) is 11.8 Å². The van der Waals surface area contributed by atoms with E-state index in [0.29, 0.717) is 19.6 Å². The normalized spacial score (nSPS) is 20.6. The van der Waals surface area contributed by atoms with E-state index in [1.807, 2.05) is 39.3 Å². The Bertz CT molecular complexity index is 698. The third-order valence-corrected chi connectivity index (χ3v) is 7.03. The standard InChI is InChI=1S/C22H33N3O3S/c1-3-4-11-23(2)20(26)17-9-13-24(14-10-17)21(27)18-7-5-12-25(16-18)22(28)19-8-6-15-29-19/h6,8,15,17-18H,3-5,7,9-14,16H2,1-2H3. The van der Waals surface area contributed by atoms with E-state index in [1.165, 1.54) is 11.3 Å². The highest BCUT2D eigenvalue weighted by Crippen LogP contribution is 2.25. The average Bonchev–Trinajstić information content (AvgIpc) is 3.31. The molecule has 0 saturated carbocycles. The molecule has 1 atom stereocenters. The van der Waals surface area contributed by atoms with Gasteiger partial charge in [0.15, 0.2) is 0 Å². The summed E-state index contributed by atoms with van der Waals surface area (Å²) in [6.45, 7) is 5.46. The zero-order valence-electron chi connectivity index (χ0n) is 17.6. The van der Waals surface area contributed by atoms with E-state index in [0.717, 1.165) is 56.5 Å². The van der Waals surface area contributed by atoms with Gasteiger partial charge in [-0.25, -0.2) is 0 Å². The lowest BCUT2D eigenvalue weighted by Gasteiger charge is -2.38. The molecule has 2 aliphatic rings. The number of nitrogens with zero attached hydrogens (tertiary/aromatic N) is 3. The molecule has 6 nitrogen and oxygen atoms in total. The average molecular weight is 420 g/mol. The molecular weight excluding hydrogens is 386 g/mol. The SMILES string of the molecule is CCCCN(C)C(=O)C1CCN(C(=O)C2CCCN(C(=O)c3cccs3)C2)CC1. The fraction of sp³-hybridized carbons (Fsp3) is 0.682. The molecule has 160 valence electrons. The van der Waals surface area contributed by atoms with Crippen molar-refractivity contribution in [3.8, 4) is 0 Å². The highest BCUT2D eigenvalue weighted by Gasteiger charge is 2.35. The number of thiophene rings is 1. The smallest absolute Gasteiger partial charge is 0.263 e. The van der Waals surface area contributed by atoms with Gasteiger partial charge in [-0.15, -0.1) is 11.3 Å². The largest absolute Gasteiger partial charge is 0.346 e. The summed E-state index contributed by atoms with van der Waals surface area (Å²) in [6, 6.07) is 3.73. The Kier molecular flexibility index (Phi) is 7.70. The quantitative estimate of drug-likeness (QED) is 0.712. The number of unbranched alkanes of at least 4 members (excludes halogenated alkanes) is 1. The highest BCUT2D eigenvalue weighted by molar-refractivity contribution is 7.12. The van der Waals surface area contributed by atoms with Gasteiger partial charge >= 0.3 is 0 Å². The summed E-state index contributed by atoms with van der Waals surface area (Å²) in [7, 11) is 1.89. The first-order valence-corrected chi connectivity index (χ1v) is 11.8. The number of hydrogen-bond acceptors (Lipinski definition) is 4. The fourth-order valence-corrected chi connectivity index (χ4v) is 5.03. The van der Waals surface area contributed by atoms with Crippen LogP contribution < -0.4 is 0 Å². The molecular formula is C22H33N3O3S. The van der Waals surface area contributed by atoms with Crippen molar-refractivity contribution >= 4 is 29.1 Å². The number of piperidine rings is 2. The van der Waals surface area contributed by atoms with Gasteiger partial charge in [0.1, 0.15) is 0 Å². The molecule has 0 bridgehead atoms. The lowest BCUT2D eigenvalue weighted by molar-refractivity contribution is -0.142. The maximum Gasteiger partial charge on any atom is 0.263 e. The van der Waals surface area contributed by atoms with Crippen molar-refractivity contribution in [3.63, 3.8) is 0 Å². The lowest BCUT2D eigenvalue weighted by Crippen LogP contribution is -2.49. The Balaban J connectivity index is 1.50. The Hall–Kier alpha value is -1.89. The minimum Gasteiger partial charge on any atom is -0.346 e. The number of hydrogen-bond donors (Lipinski definition) is 0. The van der Waals surface area contributed by atoms with Gasteiger partial charge in [-0.2, -0.15) is 0 Å². The predicted octanol–water partition coefficient (Wildman–Crippen LogP) is 3.10. The van der Waals surface area contributed by atoms with E-state index < -0.39 is 0 Å². The molecule has 0 aromatic carbocycles. The number of likely N-dealkylation sites (tertiary alicyclic amines) is 2. The number of carbonyl (C=O) groups is 3. The topological polar surface area (TPSA) is 60.9 Å². The molecule has 0 N–H and O–H groups in total. The van der Waals surface area contributed by atoms with E-state index in [1.54, 1.807) is 0 Å². The molecule has 2 fully saturated rings. The summed E-state index contributed by atoms with van der Waals surface area (Å²) in [6.07, 6.45) is 5.30. The molecule has 0 spiro atoms.